The summed E-state index contributed by atoms with van der Waals surface area (Å²) in [5.41, 5.74) is 2.21. The molecule has 30 heavy (non-hydrogen) atoms. The summed E-state index contributed by atoms with van der Waals surface area (Å²) in [5, 5.41) is 2.71. The highest BCUT2D eigenvalue weighted by Gasteiger charge is 2.32. The first-order valence-electron chi connectivity index (χ1n) is 9.92. The van der Waals surface area contributed by atoms with Crippen LogP contribution in [0.5, 0.6) is 0 Å². The first kappa shape index (κ1) is 22.0. The van der Waals surface area contributed by atoms with Crippen LogP contribution in [0.15, 0.2) is 53.4 Å². The van der Waals surface area contributed by atoms with Crippen molar-refractivity contribution in [1.29, 1.82) is 0 Å². The summed E-state index contributed by atoms with van der Waals surface area (Å²) in [6.45, 7) is 6.37. The van der Waals surface area contributed by atoms with Crippen molar-refractivity contribution in [1.82, 2.24) is 14.5 Å². The van der Waals surface area contributed by atoms with Gasteiger partial charge in [-0.1, -0.05) is 35.9 Å². The van der Waals surface area contributed by atoms with E-state index in [4.69, 9.17) is 0 Å². The first-order chi connectivity index (χ1) is 14.2. The van der Waals surface area contributed by atoms with Crippen LogP contribution >= 0.6 is 0 Å². The van der Waals surface area contributed by atoms with Crippen LogP contribution in [-0.2, 0) is 14.8 Å². The summed E-state index contributed by atoms with van der Waals surface area (Å²) in [7, 11) is -3.61. The smallest absolute Gasteiger partial charge is 0.251 e. The fourth-order valence-electron chi connectivity index (χ4n) is 3.58. The minimum Gasteiger partial charge on any atom is -0.341 e. The van der Waals surface area contributed by atoms with Crippen molar-refractivity contribution in [2.75, 3.05) is 26.2 Å². The fraction of sp³-hybridized carbons (Fsp3) is 0.364. The largest absolute Gasteiger partial charge is 0.341 e. The Hall–Kier alpha value is -2.71. The summed E-state index contributed by atoms with van der Waals surface area (Å²) >= 11 is 0. The highest BCUT2D eigenvalue weighted by molar-refractivity contribution is 7.89. The van der Waals surface area contributed by atoms with Gasteiger partial charge in [0.25, 0.3) is 5.91 Å². The maximum atomic E-state index is 13.0. The number of hydrogen-bond donors (Lipinski definition) is 1. The molecule has 0 aliphatic carbocycles. The molecule has 1 heterocycles. The molecule has 3 rings (SSSR count). The van der Waals surface area contributed by atoms with Gasteiger partial charge in [0.15, 0.2) is 0 Å². The van der Waals surface area contributed by atoms with E-state index < -0.39 is 16.1 Å². The number of hydrogen-bond acceptors (Lipinski definition) is 4. The molecule has 0 saturated carbocycles. The third-order valence-corrected chi connectivity index (χ3v) is 7.31. The molecule has 0 spiro atoms. The van der Waals surface area contributed by atoms with Crippen molar-refractivity contribution in [2.45, 2.75) is 31.7 Å². The molecule has 0 radical (unpaired) electrons. The zero-order valence-electron chi connectivity index (χ0n) is 17.5. The Morgan fingerprint density at radius 2 is 1.60 bits per heavy atom. The molecule has 1 atom stereocenters. The van der Waals surface area contributed by atoms with Crippen molar-refractivity contribution < 1.29 is 18.0 Å². The Balaban J connectivity index is 1.60. The molecule has 2 aromatic rings. The van der Waals surface area contributed by atoms with E-state index >= 15 is 0 Å². The van der Waals surface area contributed by atoms with Crippen molar-refractivity contribution in [3.8, 4) is 0 Å². The molecule has 160 valence electrons. The highest BCUT2D eigenvalue weighted by Crippen LogP contribution is 2.22. The van der Waals surface area contributed by atoms with Crippen molar-refractivity contribution in [3.05, 3.63) is 65.2 Å². The average Bonchev–Trinajstić information content (AvgIpc) is 2.73. The minimum atomic E-state index is -3.61. The molecular weight excluding hydrogens is 402 g/mol. The second-order valence-electron chi connectivity index (χ2n) is 7.56. The van der Waals surface area contributed by atoms with Gasteiger partial charge in [-0.3, -0.25) is 9.59 Å². The Morgan fingerprint density at radius 3 is 2.20 bits per heavy atom. The van der Waals surface area contributed by atoms with E-state index in [1.54, 1.807) is 55.1 Å². The van der Waals surface area contributed by atoms with E-state index in [0.717, 1.165) is 5.56 Å². The Labute approximate surface area is 177 Å². The van der Waals surface area contributed by atoms with Crippen LogP contribution in [0.2, 0.25) is 0 Å². The van der Waals surface area contributed by atoms with E-state index in [1.807, 2.05) is 19.1 Å². The lowest BCUT2D eigenvalue weighted by Gasteiger charge is -2.35. The Morgan fingerprint density at radius 1 is 0.967 bits per heavy atom. The molecule has 8 heteroatoms. The zero-order valence-corrected chi connectivity index (χ0v) is 18.3. The lowest BCUT2D eigenvalue weighted by Crippen LogP contribution is -2.55. The number of benzene rings is 2. The fourth-order valence-corrected chi connectivity index (χ4v) is 5.21. The SMILES string of the molecule is Cc1ccc(S(=O)(=O)N2CCN(C(=O)[C@H](C)NC(=O)c3ccccc3)CC2)c(C)c1. The van der Waals surface area contributed by atoms with Gasteiger partial charge < -0.3 is 10.2 Å². The van der Waals surface area contributed by atoms with Gasteiger partial charge in [-0.2, -0.15) is 4.31 Å². The van der Waals surface area contributed by atoms with Crippen molar-refractivity contribution in [3.63, 3.8) is 0 Å². The predicted molar refractivity (Wildman–Crippen MR) is 115 cm³/mol. The molecule has 2 amide bonds. The average molecular weight is 430 g/mol. The predicted octanol–water partition coefficient (Wildman–Crippen LogP) is 1.95. The monoisotopic (exact) mass is 429 g/mol. The Kier molecular flexibility index (Phi) is 6.58. The van der Waals surface area contributed by atoms with Crippen LogP contribution in [0.4, 0.5) is 0 Å². The number of rotatable bonds is 5. The molecular formula is C22H27N3O4S. The van der Waals surface area contributed by atoms with E-state index in [1.165, 1.54) is 4.31 Å². The number of aryl methyl sites for hydroxylation is 2. The van der Waals surface area contributed by atoms with Gasteiger partial charge in [0.2, 0.25) is 15.9 Å². The molecule has 1 saturated heterocycles. The standard InChI is InChI=1S/C22H27N3O4S/c1-16-9-10-20(17(2)15-16)30(28,29)25-13-11-24(12-14-25)22(27)18(3)23-21(26)19-7-5-4-6-8-19/h4-10,15,18H,11-14H2,1-3H3,(H,23,26)/t18-/m0/s1. The van der Waals surface area contributed by atoms with Gasteiger partial charge in [0.05, 0.1) is 4.90 Å². The summed E-state index contributed by atoms with van der Waals surface area (Å²) in [6.07, 6.45) is 0. The van der Waals surface area contributed by atoms with Crippen LogP contribution in [0, 0.1) is 13.8 Å². The lowest BCUT2D eigenvalue weighted by atomic mass is 10.2. The molecule has 7 nitrogen and oxygen atoms in total. The van der Waals surface area contributed by atoms with Crippen LogP contribution < -0.4 is 5.32 Å². The van der Waals surface area contributed by atoms with Gasteiger partial charge in [-0.25, -0.2) is 8.42 Å². The van der Waals surface area contributed by atoms with Crippen LogP contribution in [0.1, 0.15) is 28.4 Å². The topological polar surface area (TPSA) is 86.8 Å². The van der Waals surface area contributed by atoms with Crippen LogP contribution in [0.3, 0.4) is 0 Å². The number of sulfonamides is 1. The van der Waals surface area contributed by atoms with Gasteiger partial charge in [0.1, 0.15) is 6.04 Å². The third-order valence-electron chi connectivity index (χ3n) is 5.25. The molecule has 1 fully saturated rings. The second-order valence-corrected chi connectivity index (χ2v) is 9.47. The molecule has 0 bridgehead atoms. The zero-order chi connectivity index (χ0) is 21.9. The van der Waals surface area contributed by atoms with Gasteiger partial charge >= 0.3 is 0 Å². The maximum absolute atomic E-state index is 13.0. The molecule has 0 aromatic heterocycles. The number of nitrogens with zero attached hydrogens (tertiary/aromatic N) is 2. The summed E-state index contributed by atoms with van der Waals surface area (Å²) in [4.78, 5) is 26.9. The molecule has 0 unspecified atom stereocenters. The van der Waals surface area contributed by atoms with E-state index in [9.17, 15) is 18.0 Å². The van der Waals surface area contributed by atoms with Gasteiger partial charge in [-0.05, 0) is 44.5 Å². The lowest BCUT2D eigenvalue weighted by molar-refractivity contribution is -0.134. The summed E-state index contributed by atoms with van der Waals surface area (Å²) < 4.78 is 27.4. The maximum Gasteiger partial charge on any atom is 0.251 e. The number of amides is 2. The number of carbonyl (C=O) groups is 2. The van der Waals surface area contributed by atoms with Crippen molar-refractivity contribution >= 4 is 21.8 Å². The molecule has 1 aliphatic rings. The summed E-state index contributed by atoms with van der Waals surface area (Å²) in [6, 6.07) is 13.3. The van der Waals surface area contributed by atoms with Gasteiger partial charge in [0, 0.05) is 31.7 Å². The first-order valence-corrected chi connectivity index (χ1v) is 11.4. The number of piperazine rings is 1. The van der Waals surface area contributed by atoms with Crippen molar-refractivity contribution in [2.24, 2.45) is 0 Å². The third kappa shape index (κ3) is 4.71. The Bertz CT molecular complexity index is 1030. The number of carbonyl (C=O) groups excluding carboxylic acids is 2. The second kappa shape index (κ2) is 8.97. The van der Waals surface area contributed by atoms with E-state index in [-0.39, 0.29) is 38.0 Å². The van der Waals surface area contributed by atoms with Gasteiger partial charge in [-0.15, -0.1) is 0 Å². The number of nitrogens with one attached hydrogen (secondary N) is 1. The molecule has 1 N–H and O–H groups in total. The highest BCUT2D eigenvalue weighted by atomic mass is 32.2. The quantitative estimate of drug-likeness (QED) is 0.787. The van der Waals surface area contributed by atoms with E-state index in [2.05, 4.69) is 5.32 Å². The van der Waals surface area contributed by atoms with Crippen LogP contribution in [0.25, 0.3) is 0 Å². The summed E-state index contributed by atoms with van der Waals surface area (Å²) in [5.74, 6) is -0.532. The van der Waals surface area contributed by atoms with E-state index in [0.29, 0.717) is 16.0 Å². The van der Waals surface area contributed by atoms with Crippen LogP contribution in [-0.4, -0.2) is 61.7 Å². The molecule has 1 aliphatic heterocycles. The normalized spacial score (nSPS) is 16.2. The molecule has 2 aromatic carbocycles. The minimum absolute atomic E-state index is 0.220.